The molecule has 15 atom stereocenters. The standard InChI is InChI=1S/C60H103N15O15.CH4/c1-15-31(6)41-54(87)72-42(32(7)77)53(86)65-27-40(79)70-43(33(8)78)55(88)69-39(28-76)52(85)73-44(34-20-17-16-18-21-34)45(74-51(84)38(26-60(12,13)14)68-48(81)35(61)25-59(9,10)11)56(89)75-46(47(80)30(4)5)57(90)67-37(24-29(2)3)50(83)66-36(49(82)71-41)22-19-23-64-58(62)63;/h16-18,20-21,29-33,35-39,41-47,76-78,80H,15,19,22-28,61H2,1-14H3,(H,65,86)(H,66,83)(H,67,90)(H,68,81)(H,69,88)(H,70,79)(H,71,82)(H,72,87)(H,73,85)(H,74,84)(H,75,89)(H4,62,63,64);1H4/t31-,32-,33-,35+,36+,37-,38-,39-,41-,42-,43?,44+,45-,46-,47+;/m0./s1. The highest BCUT2D eigenvalue weighted by Crippen LogP contribution is 2.25. The van der Waals surface area contributed by atoms with Crippen LogP contribution in [0.2, 0.25) is 0 Å². The van der Waals surface area contributed by atoms with E-state index in [1.54, 1.807) is 54.5 Å². The van der Waals surface area contributed by atoms with Crippen LogP contribution in [0.5, 0.6) is 0 Å². The topological polar surface area (TPSA) is 491 Å². The predicted molar refractivity (Wildman–Crippen MR) is 341 cm³/mol. The first-order valence-corrected chi connectivity index (χ1v) is 30.5. The van der Waals surface area contributed by atoms with Crippen LogP contribution in [0.1, 0.15) is 154 Å². The average Bonchev–Trinajstić information content (AvgIpc) is 0.859. The van der Waals surface area contributed by atoms with Crippen molar-refractivity contribution in [3.05, 3.63) is 35.9 Å². The summed E-state index contributed by atoms with van der Waals surface area (Å²) in [5, 5.41) is 71.8. The molecule has 1 heterocycles. The molecule has 1 aromatic carbocycles. The molecular weight excluding hydrogens is 1180 g/mol. The second kappa shape index (κ2) is 37.7. The van der Waals surface area contributed by atoms with Gasteiger partial charge in [0.05, 0.1) is 43.5 Å². The van der Waals surface area contributed by atoms with E-state index in [9.17, 15) is 68.4 Å². The monoisotopic (exact) mass is 1290 g/mol. The maximum absolute atomic E-state index is 15.5. The van der Waals surface area contributed by atoms with Crippen molar-refractivity contribution in [3.8, 4) is 0 Å². The Balaban J connectivity index is 0.0000414. The highest BCUT2D eigenvalue weighted by molar-refractivity contribution is 6.00. The van der Waals surface area contributed by atoms with E-state index in [-0.39, 0.29) is 69.9 Å². The lowest BCUT2D eigenvalue weighted by Gasteiger charge is -2.35. The Morgan fingerprint density at radius 3 is 1.64 bits per heavy atom. The number of hydrogen-bond donors (Lipinski definition) is 18. The molecule has 0 spiro atoms. The summed E-state index contributed by atoms with van der Waals surface area (Å²) >= 11 is 0. The van der Waals surface area contributed by atoms with E-state index < -0.39 is 186 Å². The summed E-state index contributed by atoms with van der Waals surface area (Å²) in [4.78, 5) is 162. The second-order valence-electron chi connectivity index (χ2n) is 26.3. The molecule has 1 aliphatic heterocycles. The van der Waals surface area contributed by atoms with Crippen molar-refractivity contribution in [3.63, 3.8) is 0 Å². The van der Waals surface area contributed by atoms with E-state index >= 15 is 4.79 Å². The van der Waals surface area contributed by atoms with Crippen molar-refractivity contribution in [1.29, 1.82) is 0 Å². The fourth-order valence-corrected chi connectivity index (χ4v) is 9.59. The first-order chi connectivity index (χ1) is 41.7. The highest BCUT2D eigenvalue weighted by Gasteiger charge is 2.43. The third-order valence-electron chi connectivity index (χ3n) is 14.7. The summed E-state index contributed by atoms with van der Waals surface area (Å²) < 4.78 is 0. The van der Waals surface area contributed by atoms with Crippen molar-refractivity contribution in [1.82, 2.24) is 58.5 Å². The van der Waals surface area contributed by atoms with E-state index in [4.69, 9.17) is 17.2 Å². The molecule has 0 aliphatic carbocycles. The number of nitrogens with one attached hydrogen (secondary N) is 11. The van der Waals surface area contributed by atoms with Crippen LogP contribution >= 0.6 is 0 Å². The fraction of sp³-hybridized carbons (Fsp3) is 0.705. The predicted octanol–water partition coefficient (Wildman–Crippen LogP) is -2.91. The third-order valence-corrected chi connectivity index (χ3v) is 14.7. The number of carbonyl (C=O) groups is 11. The van der Waals surface area contributed by atoms with Gasteiger partial charge in [0.25, 0.3) is 0 Å². The first kappa shape index (κ1) is 81.5. The minimum atomic E-state index is -2.04. The molecule has 30 heteroatoms. The van der Waals surface area contributed by atoms with Crippen LogP contribution in [0, 0.1) is 28.6 Å². The number of hydrogen-bond acceptors (Lipinski definition) is 17. The third kappa shape index (κ3) is 27.8. The summed E-state index contributed by atoms with van der Waals surface area (Å²) in [6, 6.07) is -10.8. The zero-order chi connectivity index (χ0) is 68.7. The SMILES string of the molecule is C.CC[C@H](C)[C@@H]1NC(=O)[C@@H](CCCN=C(N)N)NC(=O)[C@H](CC(C)C)NC(=O)[C@H]([C@H](O)C(C)C)NC(=O)[C@@H](NC(=O)[C@H](CC(C)(C)C)NC(=O)[C@H](N)CC(C)(C)C)[C@@H](c2ccccc2)NC(=O)[C@H](CO)NC(=O)C([C@H](C)O)NC(=O)CNC(=O)[C@H]([C@H](C)O)NC1=O. The van der Waals surface area contributed by atoms with Gasteiger partial charge in [0.15, 0.2) is 5.96 Å². The minimum Gasteiger partial charge on any atom is -0.394 e. The number of aliphatic hydroxyl groups excluding tert-OH is 4. The van der Waals surface area contributed by atoms with Gasteiger partial charge in [-0.15, -0.1) is 0 Å². The molecule has 2 rings (SSSR count). The lowest BCUT2D eigenvalue weighted by Crippen LogP contribution is -2.65. The van der Waals surface area contributed by atoms with Crippen LogP contribution < -0.4 is 75.7 Å². The van der Waals surface area contributed by atoms with Crippen LogP contribution in [0.25, 0.3) is 0 Å². The molecule has 0 aromatic heterocycles. The summed E-state index contributed by atoms with van der Waals surface area (Å²) in [6.07, 6.45) is -4.89. The van der Waals surface area contributed by atoms with Crippen LogP contribution in [0.15, 0.2) is 35.3 Å². The molecule has 516 valence electrons. The van der Waals surface area contributed by atoms with Gasteiger partial charge >= 0.3 is 0 Å². The normalized spacial score (nSPS) is 24.8. The average molecular weight is 1290 g/mol. The first-order valence-electron chi connectivity index (χ1n) is 30.5. The summed E-state index contributed by atoms with van der Waals surface area (Å²) in [6.45, 7) is 20.9. The van der Waals surface area contributed by atoms with Crippen LogP contribution in [0.4, 0.5) is 0 Å². The van der Waals surface area contributed by atoms with Gasteiger partial charge in [-0.1, -0.05) is 127 Å². The Morgan fingerprint density at radius 2 is 1.12 bits per heavy atom. The van der Waals surface area contributed by atoms with E-state index in [0.717, 1.165) is 13.8 Å². The largest absolute Gasteiger partial charge is 0.394 e. The number of guanidine groups is 1. The van der Waals surface area contributed by atoms with Gasteiger partial charge in [-0.25, -0.2) is 0 Å². The molecule has 11 amide bonds. The van der Waals surface area contributed by atoms with E-state index in [1.165, 1.54) is 38.1 Å². The highest BCUT2D eigenvalue weighted by atomic mass is 16.3. The number of carbonyl (C=O) groups excluding carboxylic acids is 11. The lowest BCUT2D eigenvalue weighted by molar-refractivity contribution is -0.139. The summed E-state index contributed by atoms with van der Waals surface area (Å²) in [5.41, 5.74) is 16.5. The fourth-order valence-electron chi connectivity index (χ4n) is 9.59. The van der Waals surface area contributed by atoms with Gasteiger partial charge in [0.2, 0.25) is 65.0 Å². The number of aliphatic imine (C=N–C) groups is 1. The molecule has 1 unspecified atom stereocenters. The van der Waals surface area contributed by atoms with Gasteiger partial charge in [-0.05, 0) is 80.1 Å². The van der Waals surface area contributed by atoms with Gasteiger partial charge in [0, 0.05) is 6.54 Å². The van der Waals surface area contributed by atoms with Crippen LogP contribution in [-0.4, -0.2) is 190 Å². The number of nitrogens with zero attached hydrogens (tertiary/aromatic N) is 1. The molecular formula is C61H107N15O15. The number of amides is 11. The Morgan fingerprint density at radius 1 is 0.626 bits per heavy atom. The maximum atomic E-state index is 15.5. The van der Waals surface area contributed by atoms with Crippen molar-refractivity contribution in [2.75, 3.05) is 19.7 Å². The summed E-state index contributed by atoms with van der Waals surface area (Å²) in [7, 11) is 0. The number of benzene rings is 1. The molecule has 1 aromatic rings. The Labute approximate surface area is 534 Å². The zero-order valence-corrected chi connectivity index (χ0v) is 54.5. The Kier molecular flexibility index (Phi) is 33.8. The van der Waals surface area contributed by atoms with E-state index in [1.807, 2.05) is 20.8 Å². The summed E-state index contributed by atoms with van der Waals surface area (Å²) in [5.74, 6) is -13.7. The number of aliphatic hydroxyl groups is 4. The van der Waals surface area contributed by atoms with Crippen LogP contribution in [-0.2, 0) is 52.7 Å². The quantitative estimate of drug-likeness (QED) is 0.0353. The van der Waals surface area contributed by atoms with E-state index in [2.05, 4.69) is 63.5 Å². The van der Waals surface area contributed by atoms with Gasteiger partial charge in [-0.2, -0.15) is 0 Å². The molecule has 91 heavy (non-hydrogen) atoms. The van der Waals surface area contributed by atoms with E-state index in [0.29, 0.717) is 0 Å². The molecule has 0 saturated carbocycles. The van der Waals surface area contributed by atoms with Crippen LogP contribution in [0.3, 0.4) is 0 Å². The molecule has 21 N–H and O–H groups in total. The second-order valence-corrected chi connectivity index (χ2v) is 26.3. The number of nitrogens with two attached hydrogens (primary N) is 3. The van der Waals surface area contributed by atoms with Crippen molar-refractivity contribution in [2.45, 2.75) is 228 Å². The van der Waals surface area contributed by atoms with Crippen molar-refractivity contribution < 1.29 is 73.2 Å². The van der Waals surface area contributed by atoms with Gasteiger partial charge in [0.1, 0.15) is 54.4 Å². The van der Waals surface area contributed by atoms with Gasteiger partial charge in [-0.3, -0.25) is 57.7 Å². The molecule has 1 aliphatic rings. The van der Waals surface area contributed by atoms with Crippen molar-refractivity contribution >= 4 is 70.9 Å². The Hall–Kier alpha value is -7.54. The van der Waals surface area contributed by atoms with Crippen molar-refractivity contribution in [2.24, 2.45) is 50.8 Å². The molecule has 0 bridgehead atoms. The minimum absolute atomic E-state index is 0. The maximum Gasteiger partial charge on any atom is 0.245 e. The lowest BCUT2D eigenvalue weighted by atomic mass is 9.86. The zero-order valence-electron chi connectivity index (χ0n) is 54.5. The Bertz CT molecular complexity index is 2620. The van der Waals surface area contributed by atoms with Gasteiger partial charge < -0.3 is 96.1 Å². The smallest absolute Gasteiger partial charge is 0.245 e. The number of rotatable bonds is 20. The molecule has 30 nitrogen and oxygen atoms in total. The molecule has 1 fully saturated rings. The molecule has 0 radical (unpaired) electrons. The molecule has 1 saturated heterocycles.